The number of para-hydroxylation sites is 2. The Morgan fingerprint density at radius 3 is 2.78 bits per heavy atom. The number of benzene rings is 2. The minimum atomic E-state index is -1.05. The maximum Gasteiger partial charge on any atom is 0.292 e. The van der Waals surface area contributed by atoms with Crippen molar-refractivity contribution in [2.45, 2.75) is 49.8 Å². The number of nitrogens with one attached hydrogen (secondary N) is 2. The van der Waals surface area contributed by atoms with Gasteiger partial charge in [-0.25, -0.2) is 4.98 Å². The van der Waals surface area contributed by atoms with Gasteiger partial charge in [-0.15, -0.1) is 0 Å². The molecule has 3 aromatic rings. The van der Waals surface area contributed by atoms with E-state index in [1.54, 1.807) is 31.6 Å². The van der Waals surface area contributed by atoms with Crippen LogP contribution in [-0.4, -0.2) is 81.9 Å². The summed E-state index contributed by atoms with van der Waals surface area (Å²) in [5, 5.41) is 29.6. The first-order chi connectivity index (χ1) is 19.9. The van der Waals surface area contributed by atoms with Gasteiger partial charge in [-0.2, -0.15) is 0 Å². The molecule has 0 spiro atoms. The maximum absolute atomic E-state index is 14.2. The van der Waals surface area contributed by atoms with E-state index in [1.807, 2.05) is 39.8 Å². The lowest BCUT2D eigenvalue weighted by Gasteiger charge is -2.41. The van der Waals surface area contributed by atoms with E-state index in [-0.39, 0.29) is 30.3 Å². The Kier molecular flexibility index (Phi) is 8.96. The van der Waals surface area contributed by atoms with Gasteiger partial charge < -0.3 is 29.9 Å². The number of nitrogens with zero attached hydrogens (tertiary/aromatic N) is 4. The minimum Gasteiger partial charge on any atom is -0.385 e. The fourth-order valence-electron chi connectivity index (χ4n) is 6.23. The molecule has 1 aliphatic heterocycles. The molecule has 5 rings (SSSR count). The molecular formula is C30H38N6O5. The molecule has 41 heavy (non-hydrogen) atoms. The van der Waals surface area contributed by atoms with Gasteiger partial charge in [-0.1, -0.05) is 55.3 Å². The molecule has 1 saturated carbocycles. The summed E-state index contributed by atoms with van der Waals surface area (Å²) < 4.78 is 7.41. The van der Waals surface area contributed by atoms with Crippen molar-refractivity contribution in [1.29, 1.82) is 0 Å². The van der Waals surface area contributed by atoms with Gasteiger partial charge in [0.2, 0.25) is 0 Å². The molecule has 0 bridgehead atoms. The standard InChI is InChI=1S/C30H38N6O5/c1-41-20-30(38)15-8-7-13-26(30)35-21-33-27(28(35)22-9-3-2-4-10-22)29(37)34-18-17-31-19-23(34)14-16-32-24-11-5-6-12-25(24)36(39)40/h2-6,9-12,21,23,26,31-32,38H,7-8,13-20H2,1H3/t23-,26-,30-/m1/s1. The Balaban J connectivity index is 1.42. The Bertz CT molecular complexity index is 1340. The summed E-state index contributed by atoms with van der Waals surface area (Å²) in [4.78, 5) is 31.7. The van der Waals surface area contributed by atoms with E-state index in [4.69, 9.17) is 4.74 Å². The molecule has 2 heterocycles. The summed E-state index contributed by atoms with van der Waals surface area (Å²) in [6.07, 6.45) is 5.56. The van der Waals surface area contributed by atoms with Crippen LogP contribution in [0, 0.1) is 10.1 Å². The number of imidazole rings is 1. The number of piperazine rings is 1. The molecule has 1 aromatic heterocycles. The molecule has 0 unspecified atom stereocenters. The van der Waals surface area contributed by atoms with E-state index >= 15 is 0 Å². The highest BCUT2D eigenvalue weighted by molar-refractivity contribution is 5.98. The summed E-state index contributed by atoms with van der Waals surface area (Å²) in [7, 11) is 1.60. The van der Waals surface area contributed by atoms with E-state index in [0.717, 1.165) is 24.8 Å². The minimum absolute atomic E-state index is 0.0244. The third-order valence-corrected chi connectivity index (χ3v) is 8.24. The van der Waals surface area contributed by atoms with Gasteiger partial charge in [0.1, 0.15) is 11.3 Å². The molecule has 2 aliphatic rings. The summed E-state index contributed by atoms with van der Waals surface area (Å²) >= 11 is 0. The predicted octanol–water partition coefficient (Wildman–Crippen LogP) is 3.87. The second-order valence-electron chi connectivity index (χ2n) is 10.9. The van der Waals surface area contributed by atoms with Crippen molar-refractivity contribution in [2.75, 3.05) is 45.2 Å². The number of aliphatic hydroxyl groups is 1. The van der Waals surface area contributed by atoms with E-state index in [0.29, 0.717) is 56.1 Å². The number of hydrogen-bond donors (Lipinski definition) is 3. The number of anilines is 1. The van der Waals surface area contributed by atoms with E-state index in [2.05, 4.69) is 15.6 Å². The third kappa shape index (κ3) is 6.12. The molecule has 11 heteroatoms. The van der Waals surface area contributed by atoms with Crippen molar-refractivity contribution in [3.8, 4) is 11.3 Å². The molecule has 11 nitrogen and oxygen atoms in total. The van der Waals surface area contributed by atoms with Crippen molar-refractivity contribution in [2.24, 2.45) is 0 Å². The van der Waals surface area contributed by atoms with Crippen LogP contribution in [0.15, 0.2) is 60.9 Å². The van der Waals surface area contributed by atoms with Crippen LogP contribution in [-0.2, 0) is 4.74 Å². The van der Waals surface area contributed by atoms with Crippen molar-refractivity contribution in [3.63, 3.8) is 0 Å². The lowest BCUT2D eigenvalue weighted by atomic mass is 9.80. The number of ether oxygens (including phenoxy) is 1. The topological polar surface area (TPSA) is 135 Å². The highest BCUT2D eigenvalue weighted by atomic mass is 16.6. The second kappa shape index (κ2) is 12.8. The van der Waals surface area contributed by atoms with Gasteiger partial charge in [-0.3, -0.25) is 14.9 Å². The van der Waals surface area contributed by atoms with Crippen LogP contribution >= 0.6 is 0 Å². The van der Waals surface area contributed by atoms with Gasteiger partial charge in [0.25, 0.3) is 11.6 Å². The monoisotopic (exact) mass is 562 g/mol. The molecule has 1 saturated heterocycles. The molecule has 0 radical (unpaired) electrons. The second-order valence-corrected chi connectivity index (χ2v) is 10.9. The van der Waals surface area contributed by atoms with Crippen LogP contribution in [0.1, 0.15) is 48.6 Å². The van der Waals surface area contributed by atoms with E-state index < -0.39 is 10.5 Å². The molecule has 3 atom stereocenters. The molecular weight excluding hydrogens is 524 g/mol. The number of nitro groups is 1. The third-order valence-electron chi connectivity index (χ3n) is 8.24. The number of nitro benzene ring substituents is 1. The first-order valence-corrected chi connectivity index (χ1v) is 14.3. The van der Waals surface area contributed by atoms with E-state index in [9.17, 15) is 20.0 Å². The average Bonchev–Trinajstić information content (AvgIpc) is 3.43. The summed E-state index contributed by atoms with van der Waals surface area (Å²) in [5.74, 6) is -0.161. The summed E-state index contributed by atoms with van der Waals surface area (Å²) in [6, 6.07) is 15.9. The van der Waals surface area contributed by atoms with Gasteiger partial charge in [-0.05, 0) is 25.3 Å². The normalized spacial score (nSPS) is 22.8. The quantitative estimate of drug-likeness (QED) is 0.250. The predicted molar refractivity (Wildman–Crippen MR) is 156 cm³/mol. The highest BCUT2D eigenvalue weighted by Gasteiger charge is 2.42. The highest BCUT2D eigenvalue weighted by Crippen LogP contribution is 2.41. The lowest BCUT2D eigenvalue weighted by molar-refractivity contribution is -0.384. The number of carbonyl (C=O) groups is 1. The number of rotatable bonds is 10. The maximum atomic E-state index is 14.2. The fraction of sp³-hybridized carbons (Fsp3) is 0.467. The van der Waals surface area contributed by atoms with Crippen molar-refractivity contribution >= 4 is 17.3 Å². The van der Waals surface area contributed by atoms with Crippen LogP contribution in [0.4, 0.5) is 11.4 Å². The first kappa shape index (κ1) is 28.7. The van der Waals surface area contributed by atoms with E-state index in [1.165, 1.54) is 6.07 Å². The number of methoxy groups -OCH3 is 1. The molecule has 218 valence electrons. The summed E-state index contributed by atoms with van der Waals surface area (Å²) in [5.41, 5.74) is 1.36. The Labute approximate surface area is 239 Å². The van der Waals surface area contributed by atoms with Crippen LogP contribution in [0.25, 0.3) is 11.3 Å². The molecule has 1 amide bonds. The van der Waals surface area contributed by atoms with Gasteiger partial charge >= 0.3 is 0 Å². The average molecular weight is 563 g/mol. The Morgan fingerprint density at radius 2 is 2.00 bits per heavy atom. The van der Waals surface area contributed by atoms with Crippen LogP contribution < -0.4 is 10.6 Å². The van der Waals surface area contributed by atoms with Crippen molar-refractivity contribution in [3.05, 3.63) is 76.7 Å². The summed E-state index contributed by atoms with van der Waals surface area (Å²) in [6.45, 7) is 2.47. The molecule has 3 N–H and O–H groups in total. The smallest absolute Gasteiger partial charge is 0.292 e. The number of amides is 1. The largest absolute Gasteiger partial charge is 0.385 e. The zero-order valence-corrected chi connectivity index (χ0v) is 23.4. The molecule has 2 aromatic carbocycles. The zero-order valence-electron chi connectivity index (χ0n) is 23.4. The van der Waals surface area contributed by atoms with Crippen LogP contribution in [0.2, 0.25) is 0 Å². The Hall–Kier alpha value is -3.80. The number of hydrogen-bond acceptors (Lipinski definition) is 8. The lowest BCUT2D eigenvalue weighted by Crippen LogP contribution is -2.54. The number of aromatic nitrogens is 2. The van der Waals surface area contributed by atoms with Crippen molar-refractivity contribution < 1.29 is 19.6 Å². The molecule has 2 fully saturated rings. The van der Waals surface area contributed by atoms with Gasteiger partial charge in [0.15, 0.2) is 5.69 Å². The first-order valence-electron chi connectivity index (χ1n) is 14.3. The SMILES string of the molecule is COC[C@]1(O)CCCC[C@H]1n1cnc(C(=O)N2CCNC[C@H]2CCNc2ccccc2[N+](=O)[O-])c1-c1ccccc1. The van der Waals surface area contributed by atoms with Crippen LogP contribution in [0.3, 0.4) is 0 Å². The van der Waals surface area contributed by atoms with Gasteiger partial charge in [0, 0.05) is 51.0 Å². The van der Waals surface area contributed by atoms with Gasteiger partial charge in [0.05, 0.1) is 29.6 Å². The molecule has 1 aliphatic carbocycles. The van der Waals surface area contributed by atoms with Crippen molar-refractivity contribution in [1.82, 2.24) is 19.8 Å². The fourth-order valence-corrected chi connectivity index (χ4v) is 6.23. The van der Waals surface area contributed by atoms with Crippen LogP contribution in [0.5, 0.6) is 0 Å². The zero-order chi connectivity index (χ0) is 28.8. The Morgan fingerprint density at radius 1 is 1.22 bits per heavy atom. The number of carbonyl (C=O) groups excluding carboxylic acids is 1.